The molecule has 2 aromatic heterocycles. The van der Waals surface area contributed by atoms with Crippen LogP contribution >= 0.6 is 0 Å². The van der Waals surface area contributed by atoms with Crippen LogP contribution in [0.3, 0.4) is 0 Å². The first-order valence-electron chi connectivity index (χ1n) is 8.22. The summed E-state index contributed by atoms with van der Waals surface area (Å²) in [6.45, 7) is 1.82. The summed E-state index contributed by atoms with van der Waals surface area (Å²) in [4.78, 5) is 33.6. The number of primary amides is 1. The Morgan fingerprint density at radius 2 is 2.16 bits per heavy atom. The molecule has 25 heavy (non-hydrogen) atoms. The number of piperidine rings is 1. The van der Waals surface area contributed by atoms with Crippen LogP contribution in [0, 0.1) is 5.92 Å². The molecule has 0 bridgehead atoms. The molecule has 132 valence electrons. The van der Waals surface area contributed by atoms with Crippen molar-refractivity contribution in [3.63, 3.8) is 0 Å². The molecule has 0 spiro atoms. The minimum Gasteiger partial charge on any atom is -0.369 e. The number of nitrogens with zero attached hydrogens (tertiary/aromatic N) is 4. The average molecular weight is 343 g/mol. The molecule has 4 N–H and O–H groups in total. The monoisotopic (exact) mass is 343 g/mol. The van der Waals surface area contributed by atoms with Crippen LogP contribution in [0.25, 0.3) is 11.4 Å². The van der Waals surface area contributed by atoms with Crippen molar-refractivity contribution in [3.8, 4) is 11.4 Å². The predicted molar refractivity (Wildman–Crippen MR) is 89.8 cm³/mol. The van der Waals surface area contributed by atoms with E-state index in [0.717, 1.165) is 24.9 Å². The minimum absolute atomic E-state index is 0.0453. The van der Waals surface area contributed by atoms with Crippen LogP contribution in [0.4, 0.5) is 0 Å². The first-order chi connectivity index (χ1) is 12.1. The number of hydrogen-bond acceptors (Lipinski definition) is 6. The molecular formula is C16H21N7O2. The second-order valence-electron chi connectivity index (χ2n) is 6.10. The standard InChI is InChI=1S/C16H21N7O2/c17-13(24)10-23-7-1-2-12(9-23)16(25)19-8-14-20-15(22-21-14)11-3-5-18-6-4-11/h3-6,12H,1-2,7-10H2,(H2,17,24)(H,19,25)(H,20,21,22). The molecule has 0 aromatic carbocycles. The fourth-order valence-electron chi connectivity index (χ4n) is 2.95. The van der Waals surface area contributed by atoms with Crippen molar-refractivity contribution in [2.45, 2.75) is 19.4 Å². The molecule has 0 radical (unpaired) electrons. The number of aromatic amines is 1. The number of nitrogens with one attached hydrogen (secondary N) is 2. The second-order valence-corrected chi connectivity index (χ2v) is 6.10. The Hall–Kier alpha value is -2.81. The van der Waals surface area contributed by atoms with Gasteiger partial charge in [-0.3, -0.25) is 24.6 Å². The molecule has 3 heterocycles. The number of nitrogens with two attached hydrogens (primary N) is 1. The van der Waals surface area contributed by atoms with Gasteiger partial charge in [0.1, 0.15) is 5.82 Å². The summed E-state index contributed by atoms with van der Waals surface area (Å²) in [5.41, 5.74) is 6.08. The zero-order chi connectivity index (χ0) is 17.6. The van der Waals surface area contributed by atoms with Crippen LogP contribution in [-0.2, 0) is 16.1 Å². The highest BCUT2D eigenvalue weighted by molar-refractivity contribution is 5.79. The molecule has 3 rings (SSSR count). The summed E-state index contributed by atoms with van der Waals surface area (Å²) in [6.07, 6.45) is 5.03. The van der Waals surface area contributed by atoms with Crippen molar-refractivity contribution in [2.75, 3.05) is 19.6 Å². The predicted octanol–water partition coefficient (Wildman–Crippen LogP) is -0.320. The Morgan fingerprint density at radius 3 is 2.92 bits per heavy atom. The lowest BCUT2D eigenvalue weighted by molar-refractivity contribution is -0.128. The van der Waals surface area contributed by atoms with Gasteiger partial charge in [-0.2, -0.15) is 5.10 Å². The van der Waals surface area contributed by atoms with Crippen LogP contribution in [0.2, 0.25) is 0 Å². The van der Waals surface area contributed by atoms with Crippen molar-refractivity contribution in [3.05, 3.63) is 30.4 Å². The van der Waals surface area contributed by atoms with Gasteiger partial charge >= 0.3 is 0 Å². The Labute approximate surface area is 145 Å². The lowest BCUT2D eigenvalue weighted by atomic mass is 9.97. The van der Waals surface area contributed by atoms with Gasteiger partial charge in [0, 0.05) is 24.5 Å². The molecule has 0 aliphatic carbocycles. The molecule has 2 aromatic rings. The van der Waals surface area contributed by atoms with E-state index in [0.29, 0.717) is 18.2 Å². The van der Waals surface area contributed by atoms with E-state index in [9.17, 15) is 9.59 Å². The van der Waals surface area contributed by atoms with E-state index < -0.39 is 0 Å². The molecule has 9 nitrogen and oxygen atoms in total. The number of carbonyl (C=O) groups is 2. The Bertz CT molecular complexity index is 731. The van der Waals surface area contributed by atoms with Crippen LogP contribution in [0.1, 0.15) is 18.7 Å². The number of amides is 2. The van der Waals surface area contributed by atoms with Crippen molar-refractivity contribution >= 4 is 11.8 Å². The molecule has 1 atom stereocenters. The number of hydrogen-bond donors (Lipinski definition) is 3. The SMILES string of the molecule is NC(=O)CN1CCCC(C(=O)NCc2nc(-c3ccncc3)n[nH]2)C1. The van der Waals surface area contributed by atoms with E-state index in [1.807, 2.05) is 17.0 Å². The lowest BCUT2D eigenvalue weighted by Gasteiger charge is -2.30. The van der Waals surface area contributed by atoms with Crippen LogP contribution < -0.4 is 11.1 Å². The van der Waals surface area contributed by atoms with Gasteiger partial charge in [-0.1, -0.05) is 0 Å². The molecule has 1 unspecified atom stereocenters. The smallest absolute Gasteiger partial charge is 0.231 e. The number of H-pyrrole nitrogens is 1. The third-order valence-electron chi connectivity index (χ3n) is 4.16. The van der Waals surface area contributed by atoms with Crippen molar-refractivity contribution < 1.29 is 9.59 Å². The van der Waals surface area contributed by atoms with Gasteiger partial charge in [0.2, 0.25) is 11.8 Å². The minimum atomic E-state index is -0.369. The maximum Gasteiger partial charge on any atom is 0.231 e. The maximum atomic E-state index is 12.4. The Kier molecular flexibility index (Phi) is 5.34. The van der Waals surface area contributed by atoms with E-state index in [1.54, 1.807) is 12.4 Å². The molecule has 1 saturated heterocycles. The third kappa shape index (κ3) is 4.60. The summed E-state index contributed by atoms with van der Waals surface area (Å²) in [6, 6.07) is 3.64. The van der Waals surface area contributed by atoms with Crippen molar-refractivity contribution in [2.24, 2.45) is 11.7 Å². The quantitative estimate of drug-likeness (QED) is 0.659. The zero-order valence-corrected chi connectivity index (χ0v) is 13.8. The van der Waals surface area contributed by atoms with Gasteiger partial charge in [-0.15, -0.1) is 0 Å². The maximum absolute atomic E-state index is 12.4. The van der Waals surface area contributed by atoms with Gasteiger partial charge in [0.05, 0.1) is 19.0 Å². The van der Waals surface area contributed by atoms with Gasteiger partial charge in [-0.05, 0) is 31.5 Å². The summed E-state index contributed by atoms with van der Waals surface area (Å²) in [5.74, 6) is 0.597. The highest BCUT2D eigenvalue weighted by Crippen LogP contribution is 2.16. The molecule has 1 fully saturated rings. The normalized spacial score (nSPS) is 18.0. The molecule has 2 amide bonds. The van der Waals surface area contributed by atoms with E-state index in [2.05, 4.69) is 25.5 Å². The fourth-order valence-corrected chi connectivity index (χ4v) is 2.95. The molecule has 0 saturated carbocycles. The van der Waals surface area contributed by atoms with Crippen molar-refractivity contribution in [1.82, 2.24) is 30.4 Å². The first kappa shape index (κ1) is 17.0. The second kappa shape index (κ2) is 7.84. The number of rotatable bonds is 6. The number of pyridine rings is 1. The highest BCUT2D eigenvalue weighted by Gasteiger charge is 2.26. The van der Waals surface area contributed by atoms with E-state index in [4.69, 9.17) is 5.73 Å². The van der Waals surface area contributed by atoms with Crippen LogP contribution in [-0.4, -0.2) is 56.5 Å². The van der Waals surface area contributed by atoms with Gasteiger partial charge < -0.3 is 11.1 Å². The van der Waals surface area contributed by atoms with Gasteiger partial charge in [0.15, 0.2) is 5.82 Å². The Morgan fingerprint density at radius 1 is 1.36 bits per heavy atom. The Balaban J connectivity index is 1.52. The summed E-state index contributed by atoms with van der Waals surface area (Å²) in [7, 11) is 0. The third-order valence-corrected chi connectivity index (χ3v) is 4.16. The number of likely N-dealkylation sites (tertiary alicyclic amines) is 1. The summed E-state index contributed by atoms with van der Waals surface area (Å²) >= 11 is 0. The summed E-state index contributed by atoms with van der Waals surface area (Å²) < 4.78 is 0. The lowest BCUT2D eigenvalue weighted by Crippen LogP contribution is -2.45. The summed E-state index contributed by atoms with van der Waals surface area (Å²) in [5, 5.41) is 9.86. The van der Waals surface area contributed by atoms with E-state index in [-0.39, 0.29) is 30.8 Å². The van der Waals surface area contributed by atoms with Crippen molar-refractivity contribution in [1.29, 1.82) is 0 Å². The first-order valence-corrected chi connectivity index (χ1v) is 8.22. The largest absolute Gasteiger partial charge is 0.369 e. The zero-order valence-electron chi connectivity index (χ0n) is 13.8. The molecule has 9 heteroatoms. The van der Waals surface area contributed by atoms with Crippen LogP contribution in [0.15, 0.2) is 24.5 Å². The topological polar surface area (TPSA) is 130 Å². The fraction of sp³-hybridized carbons (Fsp3) is 0.438. The number of aromatic nitrogens is 4. The molecular weight excluding hydrogens is 322 g/mol. The van der Waals surface area contributed by atoms with Gasteiger partial charge in [-0.25, -0.2) is 4.98 Å². The average Bonchev–Trinajstić information content (AvgIpc) is 3.09. The molecule has 1 aliphatic heterocycles. The molecule has 1 aliphatic rings. The van der Waals surface area contributed by atoms with E-state index in [1.165, 1.54) is 0 Å². The van der Waals surface area contributed by atoms with Gasteiger partial charge in [0.25, 0.3) is 0 Å². The van der Waals surface area contributed by atoms with Crippen LogP contribution in [0.5, 0.6) is 0 Å². The number of carbonyl (C=O) groups excluding carboxylic acids is 2. The highest BCUT2D eigenvalue weighted by atomic mass is 16.2. The van der Waals surface area contributed by atoms with E-state index >= 15 is 0 Å².